The van der Waals surface area contributed by atoms with Crippen LogP contribution in [0.25, 0.3) is 0 Å². The number of carbonyl (C=O) groups is 2. The average molecular weight is 504 g/mol. The molecule has 1 aliphatic rings. The molecule has 10 heteroatoms. The SMILES string of the molecule is CC[C@H](C)[C@@H](NC(=O)OCc1ccccc1)C(=O)Nc1ccc(C)c(S(=O)(=O)N2CCOCC2)c1. The number of benzene rings is 2. The minimum absolute atomic E-state index is 0.0856. The zero-order chi connectivity index (χ0) is 25.4. The Labute approximate surface area is 206 Å². The van der Waals surface area contributed by atoms with Crippen LogP contribution in [0, 0.1) is 12.8 Å². The second kappa shape index (κ2) is 12.1. The van der Waals surface area contributed by atoms with Crippen LogP contribution in [0.3, 0.4) is 0 Å². The summed E-state index contributed by atoms with van der Waals surface area (Å²) in [7, 11) is -3.73. The van der Waals surface area contributed by atoms with Gasteiger partial charge in [0.05, 0.1) is 18.1 Å². The van der Waals surface area contributed by atoms with E-state index in [0.717, 1.165) is 5.56 Å². The summed E-state index contributed by atoms with van der Waals surface area (Å²) in [4.78, 5) is 25.6. The lowest BCUT2D eigenvalue weighted by Crippen LogP contribution is -2.47. The predicted molar refractivity (Wildman–Crippen MR) is 132 cm³/mol. The van der Waals surface area contributed by atoms with Crippen molar-refractivity contribution in [2.45, 2.75) is 44.7 Å². The molecule has 1 aliphatic heterocycles. The van der Waals surface area contributed by atoms with E-state index in [2.05, 4.69) is 10.6 Å². The summed E-state index contributed by atoms with van der Waals surface area (Å²) in [5, 5.41) is 5.41. The molecule has 2 amide bonds. The maximum absolute atomic E-state index is 13.2. The van der Waals surface area contributed by atoms with Crippen molar-refractivity contribution in [3.63, 3.8) is 0 Å². The Balaban J connectivity index is 1.71. The van der Waals surface area contributed by atoms with E-state index in [0.29, 0.717) is 30.9 Å². The van der Waals surface area contributed by atoms with Gasteiger partial charge in [0.2, 0.25) is 15.9 Å². The van der Waals surface area contributed by atoms with Gasteiger partial charge in [0.15, 0.2) is 0 Å². The van der Waals surface area contributed by atoms with E-state index in [4.69, 9.17) is 9.47 Å². The molecule has 9 nitrogen and oxygen atoms in total. The van der Waals surface area contributed by atoms with E-state index in [1.165, 1.54) is 10.4 Å². The van der Waals surface area contributed by atoms with Crippen LogP contribution in [0.2, 0.25) is 0 Å². The van der Waals surface area contributed by atoms with Gasteiger partial charge < -0.3 is 20.1 Å². The van der Waals surface area contributed by atoms with Crippen molar-refractivity contribution in [3.8, 4) is 0 Å². The van der Waals surface area contributed by atoms with Gasteiger partial charge in [0.25, 0.3) is 0 Å². The number of aryl methyl sites for hydroxylation is 1. The minimum Gasteiger partial charge on any atom is -0.445 e. The van der Waals surface area contributed by atoms with Crippen LogP contribution in [0.4, 0.5) is 10.5 Å². The standard InChI is InChI=1S/C25H33N3O6S/c1-4-18(2)23(27-25(30)34-17-20-8-6-5-7-9-20)24(29)26-21-11-10-19(3)22(16-21)35(31,32)28-12-14-33-15-13-28/h5-11,16,18,23H,4,12-15,17H2,1-3H3,(H,26,29)(H,27,30)/t18-,23+/m0/s1. The molecule has 0 aliphatic carbocycles. The van der Waals surface area contributed by atoms with Crippen molar-refractivity contribution >= 4 is 27.7 Å². The molecule has 2 atom stereocenters. The van der Waals surface area contributed by atoms with E-state index in [-0.39, 0.29) is 30.5 Å². The second-order valence-electron chi connectivity index (χ2n) is 8.56. The Kier molecular flexibility index (Phi) is 9.25. The molecule has 3 rings (SSSR count). The van der Waals surface area contributed by atoms with Crippen molar-refractivity contribution in [1.82, 2.24) is 9.62 Å². The van der Waals surface area contributed by atoms with Crippen molar-refractivity contribution < 1.29 is 27.5 Å². The van der Waals surface area contributed by atoms with Gasteiger partial charge in [-0.15, -0.1) is 0 Å². The summed E-state index contributed by atoms with van der Waals surface area (Å²) in [6, 6.07) is 13.1. The molecule has 1 heterocycles. The number of nitrogens with zero attached hydrogens (tertiary/aromatic N) is 1. The highest BCUT2D eigenvalue weighted by Crippen LogP contribution is 2.25. The number of rotatable bonds is 9. The molecule has 35 heavy (non-hydrogen) atoms. The van der Waals surface area contributed by atoms with Crippen molar-refractivity contribution in [1.29, 1.82) is 0 Å². The largest absolute Gasteiger partial charge is 0.445 e. The van der Waals surface area contributed by atoms with Crippen molar-refractivity contribution in [2.75, 3.05) is 31.6 Å². The van der Waals surface area contributed by atoms with Crippen molar-refractivity contribution in [3.05, 3.63) is 59.7 Å². The van der Waals surface area contributed by atoms with E-state index in [1.807, 2.05) is 44.2 Å². The molecule has 0 saturated carbocycles. The normalized spacial score (nSPS) is 16.2. The van der Waals surface area contributed by atoms with Gasteiger partial charge in [-0.25, -0.2) is 13.2 Å². The van der Waals surface area contributed by atoms with E-state index < -0.39 is 28.1 Å². The first-order chi connectivity index (χ1) is 16.7. The minimum atomic E-state index is -3.73. The molecule has 0 spiro atoms. The highest BCUT2D eigenvalue weighted by atomic mass is 32.2. The summed E-state index contributed by atoms with van der Waals surface area (Å²) < 4.78 is 38.2. The predicted octanol–water partition coefficient (Wildman–Crippen LogP) is 3.30. The van der Waals surface area contributed by atoms with Gasteiger partial charge in [0, 0.05) is 18.8 Å². The van der Waals surface area contributed by atoms with Crippen LogP contribution in [-0.4, -0.2) is 57.1 Å². The van der Waals surface area contributed by atoms with Crippen LogP contribution >= 0.6 is 0 Å². The summed E-state index contributed by atoms with van der Waals surface area (Å²) in [5.74, 6) is -0.629. The summed E-state index contributed by atoms with van der Waals surface area (Å²) >= 11 is 0. The monoisotopic (exact) mass is 503 g/mol. The summed E-state index contributed by atoms with van der Waals surface area (Å²) in [6.07, 6.45) is -0.0597. The quantitative estimate of drug-likeness (QED) is 0.543. The van der Waals surface area contributed by atoms with Gasteiger partial charge in [0.1, 0.15) is 12.6 Å². The number of carbonyl (C=O) groups excluding carboxylic acids is 2. The molecule has 0 radical (unpaired) electrons. The number of ether oxygens (including phenoxy) is 2. The third-order valence-electron chi connectivity index (χ3n) is 6.03. The fraction of sp³-hybridized carbons (Fsp3) is 0.440. The molecule has 0 unspecified atom stereocenters. The number of hydrogen-bond donors (Lipinski definition) is 2. The zero-order valence-corrected chi connectivity index (χ0v) is 21.1. The molecule has 2 N–H and O–H groups in total. The maximum Gasteiger partial charge on any atom is 0.408 e. The summed E-state index contributed by atoms with van der Waals surface area (Å²) in [5.41, 5.74) is 1.75. The summed E-state index contributed by atoms with van der Waals surface area (Å²) in [6.45, 7) is 6.82. The molecular weight excluding hydrogens is 470 g/mol. The number of nitrogens with one attached hydrogen (secondary N) is 2. The van der Waals surface area contributed by atoms with Crippen LogP contribution in [0.15, 0.2) is 53.4 Å². The Hall–Kier alpha value is -2.95. The van der Waals surface area contributed by atoms with Crippen LogP contribution in [0.1, 0.15) is 31.4 Å². The Bertz CT molecular complexity index is 1120. The molecule has 0 aromatic heterocycles. The zero-order valence-electron chi connectivity index (χ0n) is 20.3. The first-order valence-corrected chi connectivity index (χ1v) is 13.1. The molecule has 2 aromatic carbocycles. The van der Waals surface area contributed by atoms with Crippen molar-refractivity contribution in [2.24, 2.45) is 5.92 Å². The molecule has 2 aromatic rings. The lowest BCUT2D eigenvalue weighted by molar-refractivity contribution is -0.119. The van der Waals surface area contributed by atoms with Gasteiger partial charge in [-0.2, -0.15) is 4.31 Å². The lowest BCUT2D eigenvalue weighted by atomic mass is 9.98. The molecule has 1 saturated heterocycles. The molecule has 190 valence electrons. The van der Waals surface area contributed by atoms with Crippen LogP contribution in [-0.2, 0) is 30.9 Å². The van der Waals surface area contributed by atoms with E-state index >= 15 is 0 Å². The highest BCUT2D eigenvalue weighted by Gasteiger charge is 2.30. The first-order valence-electron chi connectivity index (χ1n) is 11.7. The van der Waals surface area contributed by atoms with Gasteiger partial charge >= 0.3 is 6.09 Å². The smallest absolute Gasteiger partial charge is 0.408 e. The topological polar surface area (TPSA) is 114 Å². The van der Waals surface area contributed by atoms with Crippen LogP contribution in [0.5, 0.6) is 0 Å². The Morgan fingerprint density at radius 2 is 1.80 bits per heavy atom. The van der Waals surface area contributed by atoms with E-state index in [1.54, 1.807) is 19.1 Å². The fourth-order valence-electron chi connectivity index (χ4n) is 3.70. The lowest BCUT2D eigenvalue weighted by Gasteiger charge is -2.27. The maximum atomic E-state index is 13.2. The number of anilines is 1. The second-order valence-corrected chi connectivity index (χ2v) is 10.5. The average Bonchev–Trinajstić information content (AvgIpc) is 2.87. The highest BCUT2D eigenvalue weighted by molar-refractivity contribution is 7.89. The van der Waals surface area contributed by atoms with Gasteiger partial charge in [-0.05, 0) is 36.1 Å². The van der Waals surface area contributed by atoms with Crippen LogP contribution < -0.4 is 10.6 Å². The fourth-order valence-corrected chi connectivity index (χ4v) is 5.35. The molecular formula is C25H33N3O6S. The van der Waals surface area contributed by atoms with E-state index in [9.17, 15) is 18.0 Å². The number of hydrogen-bond acceptors (Lipinski definition) is 6. The first kappa shape index (κ1) is 26.7. The molecule has 1 fully saturated rings. The number of morpholine rings is 1. The number of amides is 2. The Morgan fingerprint density at radius 1 is 1.11 bits per heavy atom. The number of sulfonamides is 1. The Morgan fingerprint density at radius 3 is 2.46 bits per heavy atom. The van der Waals surface area contributed by atoms with Gasteiger partial charge in [-0.1, -0.05) is 56.7 Å². The third-order valence-corrected chi connectivity index (χ3v) is 8.07. The number of alkyl carbamates (subject to hydrolysis) is 1. The third kappa shape index (κ3) is 7.03. The van der Waals surface area contributed by atoms with Gasteiger partial charge in [-0.3, -0.25) is 4.79 Å². The molecule has 0 bridgehead atoms.